The molecule has 0 spiro atoms. The lowest BCUT2D eigenvalue weighted by molar-refractivity contribution is -0.126. The van der Waals surface area contributed by atoms with E-state index in [4.69, 9.17) is 4.74 Å². The average molecular weight is 628 g/mol. The van der Waals surface area contributed by atoms with Gasteiger partial charge in [-0.05, 0) is 80.0 Å². The van der Waals surface area contributed by atoms with Crippen molar-refractivity contribution >= 4 is 56.2 Å². The summed E-state index contributed by atoms with van der Waals surface area (Å²) in [4.78, 5) is 17.1. The minimum atomic E-state index is -0.231. The number of anilines is 1. The first-order valence-electron chi connectivity index (χ1n) is 10.9. The summed E-state index contributed by atoms with van der Waals surface area (Å²) in [6.45, 7) is 3.11. The van der Waals surface area contributed by atoms with Gasteiger partial charge in [-0.25, -0.2) is 0 Å². The Morgan fingerprint density at radius 1 is 1.03 bits per heavy atom. The number of piperazine rings is 1. The van der Waals surface area contributed by atoms with E-state index < -0.39 is 0 Å². The second-order valence-electron chi connectivity index (χ2n) is 7.87. The van der Waals surface area contributed by atoms with Crippen molar-refractivity contribution in [2.75, 3.05) is 31.1 Å². The van der Waals surface area contributed by atoms with Gasteiger partial charge in [0.25, 0.3) is 5.91 Å². The molecule has 3 aromatic rings. The molecular weight excluding hydrogens is 605 g/mol. The number of hydrogen-bond acceptors (Lipinski definition) is 4. The fourth-order valence-corrected chi connectivity index (χ4v) is 5.58. The van der Waals surface area contributed by atoms with Crippen LogP contribution in [0.15, 0.2) is 82.8 Å². The summed E-state index contributed by atoms with van der Waals surface area (Å²) in [6, 6.07) is 26.0. The van der Waals surface area contributed by atoms with Crippen molar-refractivity contribution in [3.63, 3.8) is 0 Å². The number of carbonyl (C=O) groups excluding carboxylic acids is 1. The molecule has 0 bridgehead atoms. The maximum atomic E-state index is 13.1. The number of nitriles is 1. The summed E-state index contributed by atoms with van der Waals surface area (Å²) in [5.74, 6) is 0.509. The molecule has 1 aliphatic heterocycles. The Bertz CT molecular complexity index is 1190. The molecular formula is C27H23BrIN3O2. The van der Waals surface area contributed by atoms with Crippen molar-refractivity contribution in [1.82, 2.24) is 4.90 Å². The van der Waals surface area contributed by atoms with Crippen LogP contribution in [0.3, 0.4) is 0 Å². The number of benzene rings is 3. The van der Waals surface area contributed by atoms with Crippen LogP contribution in [-0.4, -0.2) is 37.0 Å². The molecule has 0 atom stereocenters. The van der Waals surface area contributed by atoms with Crippen LogP contribution in [0.25, 0.3) is 6.08 Å². The molecule has 1 saturated heterocycles. The third-order valence-electron chi connectivity index (χ3n) is 5.60. The monoisotopic (exact) mass is 627 g/mol. The molecule has 0 N–H and O–H groups in total. The Morgan fingerprint density at radius 3 is 2.29 bits per heavy atom. The number of amides is 1. The van der Waals surface area contributed by atoms with E-state index >= 15 is 0 Å². The minimum absolute atomic E-state index is 0.133. The molecule has 0 unspecified atom stereocenters. The van der Waals surface area contributed by atoms with Gasteiger partial charge >= 0.3 is 0 Å². The molecule has 0 saturated carbocycles. The van der Waals surface area contributed by atoms with Gasteiger partial charge in [0, 0.05) is 31.9 Å². The van der Waals surface area contributed by atoms with Gasteiger partial charge in [0.15, 0.2) is 0 Å². The van der Waals surface area contributed by atoms with Gasteiger partial charge in [-0.2, -0.15) is 5.26 Å². The zero-order valence-electron chi connectivity index (χ0n) is 18.5. The summed E-state index contributed by atoms with van der Waals surface area (Å²) in [5.41, 5.74) is 3.14. The highest BCUT2D eigenvalue weighted by molar-refractivity contribution is 14.1. The van der Waals surface area contributed by atoms with Crippen molar-refractivity contribution in [2.45, 2.75) is 6.61 Å². The van der Waals surface area contributed by atoms with Crippen molar-refractivity contribution in [3.05, 3.63) is 97.5 Å². The highest BCUT2D eigenvalue weighted by Gasteiger charge is 2.24. The minimum Gasteiger partial charge on any atom is -0.487 e. The summed E-state index contributed by atoms with van der Waals surface area (Å²) < 4.78 is 7.69. The van der Waals surface area contributed by atoms with E-state index in [2.05, 4.69) is 61.6 Å². The molecule has 4 rings (SSSR count). The normalized spacial score (nSPS) is 14.0. The van der Waals surface area contributed by atoms with Crippen molar-refractivity contribution < 1.29 is 9.53 Å². The van der Waals surface area contributed by atoms with Gasteiger partial charge in [0.2, 0.25) is 0 Å². The molecule has 3 aromatic carbocycles. The fourth-order valence-electron chi connectivity index (χ4n) is 3.82. The Kier molecular flexibility index (Phi) is 8.25. The number of halogens is 2. The largest absolute Gasteiger partial charge is 0.487 e. The smallest absolute Gasteiger partial charge is 0.264 e. The standard InChI is InChI=1S/C27H23BrIN3O2/c28-24-16-21(17-25(29)26(24)34-19-20-7-3-1-4-8-20)15-22(18-30)27(33)32-13-11-31(12-14-32)23-9-5-2-6-10-23/h1-10,15-17H,11-14,19H2/b22-15-. The Morgan fingerprint density at radius 2 is 1.68 bits per heavy atom. The van der Waals surface area contributed by atoms with Crippen molar-refractivity contribution in [2.24, 2.45) is 0 Å². The molecule has 1 aliphatic rings. The summed E-state index contributed by atoms with van der Waals surface area (Å²) in [6.07, 6.45) is 1.65. The lowest BCUT2D eigenvalue weighted by atomic mass is 10.1. The van der Waals surface area contributed by atoms with Crippen LogP contribution in [0.2, 0.25) is 0 Å². The van der Waals surface area contributed by atoms with E-state index in [1.165, 1.54) is 0 Å². The molecule has 1 heterocycles. The average Bonchev–Trinajstić information content (AvgIpc) is 2.87. The predicted octanol–water partition coefficient (Wildman–Crippen LogP) is 5.89. The Balaban J connectivity index is 1.43. The molecule has 34 heavy (non-hydrogen) atoms. The molecule has 0 aliphatic carbocycles. The highest BCUT2D eigenvalue weighted by Crippen LogP contribution is 2.33. The Labute approximate surface area is 221 Å². The topological polar surface area (TPSA) is 56.6 Å². The second kappa shape index (κ2) is 11.5. The number of rotatable bonds is 6. The lowest BCUT2D eigenvalue weighted by Crippen LogP contribution is -2.49. The lowest BCUT2D eigenvalue weighted by Gasteiger charge is -2.36. The number of carbonyl (C=O) groups is 1. The zero-order valence-corrected chi connectivity index (χ0v) is 22.2. The zero-order chi connectivity index (χ0) is 23.9. The van der Waals surface area contributed by atoms with Gasteiger partial charge in [-0.15, -0.1) is 0 Å². The predicted molar refractivity (Wildman–Crippen MR) is 146 cm³/mol. The molecule has 0 aromatic heterocycles. The van der Waals surface area contributed by atoms with E-state index in [0.717, 1.165) is 43.7 Å². The first-order valence-corrected chi connectivity index (χ1v) is 12.8. The second-order valence-corrected chi connectivity index (χ2v) is 9.89. The van der Waals surface area contributed by atoms with Crippen LogP contribution < -0.4 is 9.64 Å². The quantitative estimate of drug-likeness (QED) is 0.194. The first kappa shape index (κ1) is 24.3. The first-order chi connectivity index (χ1) is 16.5. The molecule has 1 fully saturated rings. The Hall–Kier alpha value is -2.83. The van der Waals surface area contributed by atoms with E-state index in [9.17, 15) is 10.1 Å². The number of ether oxygens (including phenoxy) is 1. The van der Waals surface area contributed by atoms with E-state index in [-0.39, 0.29) is 11.5 Å². The highest BCUT2D eigenvalue weighted by atomic mass is 127. The SMILES string of the molecule is N#C/C(=C/c1cc(Br)c(OCc2ccccc2)c(I)c1)C(=O)N1CCN(c2ccccc2)CC1. The van der Waals surface area contributed by atoms with Crippen LogP contribution >= 0.6 is 38.5 Å². The van der Waals surface area contributed by atoms with Gasteiger partial charge in [-0.3, -0.25) is 4.79 Å². The molecule has 7 heteroatoms. The van der Waals surface area contributed by atoms with Crippen LogP contribution in [0.4, 0.5) is 5.69 Å². The third kappa shape index (κ3) is 5.99. The number of hydrogen-bond donors (Lipinski definition) is 0. The van der Waals surface area contributed by atoms with Crippen LogP contribution in [-0.2, 0) is 11.4 Å². The van der Waals surface area contributed by atoms with Crippen LogP contribution in [0, 0.1) is 14.9 Å². The van der Waals surface area contributed by atoms with Crippen molar-refractivity contribution in [1.29, 1.82) is 5.26 Å². The van der Waals surface area contributed by atoms with Crippen LogP contribution in [0.1, 0.15) is 11.1 Å². The maximum absolute atomic E-state index is 13.1. The van der Waals surface area contributed by atoms with Gasteiger partial charge in [-0.1, -0.05) is 48.5 Å². The van der Waals surface area contributed by atoms with E-state index in [1.54, 1.807) is 11.0 Å². The van der Waals surface area contributed by atoms with E-state index in [0.29, 0.717) is 19.7 Å². The van der Waals surface area contributed by atoms with Gasteiger partial charge < -0.3 is 14.5 Å². The molecule has 1 amide bonds. The van der Waals surface area contributed by atoms with E-state index in [1.807, 2.05) is 60.7 Å². The summed E-state index contributed by atoms with van der Waals surface area (Å²) >= 11 is 5.80. The molecule has 172 valence electrons. The van der Waals surface area contributed by atoms with Gasteiger partial charge in [0.05, 0.1) is 8.04 Å². The molecule has 5 nitrogen and oxygen atoms in total. The maximum Gasteiger partial charge on any atom is 0.264 e. The number of nitrogens with zero attached hydrogens (tertiary/aromatic N) is 3. The van der Waals surface area contributed by atoms with Crippen LogP contribution in [0.5, 0.6) is 5.75 Å². The molecule has 0 radical (unpaired) electrons. The third-order valence-corrected chi connectivity index (χ3v) is 6.99. The number of para-hydroxylation sites is 1. The van der Waals surface area contributed by atoms with Crippen molar-refractivity contribution in [3.8, 4) is 11.8 Å². The summed E-state index contributed by atoms with van der Waals surface area (Å²) in [7, 11) is 0. The van der Waals surface area contributed by atoms with Gasteiger partial charge in [0.1, 0.15) is 24.0 Å². The fraction of sp³-hybridized carbons (Fsp3) is 0.185. The summed E-state index contributed by atoms with van der Waals surface area (Å²) in [5, 5.41) is 9.71.